The minimum Gasteiger partial charge on any atom is -0.440 e. The highest BCUT2D eigenvalue weighted by atomic mass is 16.5. The van der Waals surface area contributed by atoms with Crippen LogP contribution in [0.4, 0.5) is 0 Å². The van der Waals surface area contributed by atoms with E-state index in [9.17, 15) is 4.79 Å². The van der Waals surface area contributed by atoms with Crippen molar-refractivity contribution in [1.82, 2.24) is 4.98 Å². The summed E-state index contributed by atoms with van der Waals surface area (Å²) in [7, 11) is 0. The zero-order chi connectivity index (χ0) is 14.7. The fourth-order valence-electron chi connectivity index (χ4n) is 2.13. The topological polar surface area (TPSA) is 52.3 Å². The summed E-state index contributed by atoms with van der Waals surface area (Å²) in [6.45, 7) is 1.92. The zero-order valence-electron chi connectivity index (χ0n) is 11.7. The first kappa shape index (κ1) is 13.4. The standard InChI is InChI=1S/C17H15NO3/c1-2-5-16(19)21-15-11-20-17(18-15)14-9-8-12-6-3-4-7-13(12)10-14/h3-4,6-11H,2,5H2,1H3. The van der Waals surface area contributed by atoms with Crippen molar-refractivity contribution in [2.45, 2.75) is 19.8 Å². The van der Waals surface area contributed by atoms with E-state index >= 15 is 0 Å². The number of oxazole rings is 1. The molecule has 0 bridgehead atoms. The molecule has 0 aliphatic rings. The number of benzene rings is 2. The van der Waals surface area contributed by atoms with E-state index in [1.165, 1.54) is 6.26 Å². The van der Waals surface area contributed by atoms with Crippen LogP contribution in [0.3, 0.4) is 0 Å². The molecule has 0 aliphatic heterocycles. The molecule has 106 valence electrons. The van der Waals surface area contributed by atoms with Crippen molar-refractivity contribution in [3.8, 4) is 17.3 Å². The molecule has 0 saturated carbocycles. The minimum atomic E-state index is -0.295. The Hall–Kier alpha value is -2.62. The third kappa shape index (κ3) is 2.94. The SMILES string of the molecule is CCCC(=O)Oc1coc(-c2ccc3ccccc3c2)n1. The molecule has 0 saturated heterocycles. The van der Waals surface area contributed by atoms with E-state index in [2.05, 4.69) is 4.98 Å². The lowest BCUT2D eigenvalue weighted by Crippen LogP contribution is -2.06. The van der Waals surface area contributed by atoms with Gasteiger partial charge in [-0.05, 0) is 29.3 Å². The fourth-order valence-corrected chi connectivity index (χ4v) is 2.13. The molecule has 3 rings (SSSR count). The van der Waals surface area contributed by atoms with Crippen molar-refractivity contribution >= 4 is 16.7 Å². The quantitative estimate of drug-likeness (QED) is 0.672. The number of nitrogens with zero attached hydrogens (tertiary/aromatic N) is 1. The molecule has 4 heteroatoms. The van der Waals surface area contributed by atoms with Crippen molar-refractivity contribution in [2.75, 3.05) is 0 Å². The van der Waals surface area contributed by atoms with Gasteiger partial charge in [0, 0.05) is 12.0 Å². The van der Waals surface area contributed by atoms with Gasteiger partial charge in [-0.1, -0.05) is 37.3 Å². The van der Waals surface area contributed by atoms with Gasteiger partial charge in [-0.25, -0.2) is 0 Å². The summed E-state index contributed by atoms with van der Waals surface area (Å²) in [5.41, 5.74) is 0.853. The fraction of sp³-hybridized carbons (Fsp3) is 0.176. The molecule has 1 heterocycles. The molecule has 0 fully saturated rings. The molecule has 0 atom stereocenters. The smallest absolute Gasteiger partial charge is 0.312 e. The Morgan fingerprint density at radius 1 is 1.19 bits per heavy atom. The molecule has 3 aromatic rings. The lowest BCUT2D eigenvalue weighted by Gasteiger charge is -2.00. The van der Waals surface area contributed by atoms with E-state index in [0.29, 0.717) is 12.3 Å². The predicted octanol–water partition coefficient (Wildman–Crippen LogP) is 4.20. The van der Waals surface area contributed by atoms with Gasteiger partial charge in [0.1, 0.15) is 0 Å². The van der Waals surface area contributed by atoms with Crippen LogP contribution in [0.2, 0.25) is 0 Å². The van der Waals surface area contributed by atoms with E-state index in [1.807, 2.05) is 49.4 Å². The normalized spacial score (nSPS) is 10.7. The highest BCUT2D eigenvalue weighted by Gasteiger charge is 2.11. The maximum Gasteiger partial charge on any atom is 0.312 e. The first-order valence-corrected chi connectivity index (χ1v) is 6.91. The minimum absolute atomic E-state index is 0.205. The monoisotopic (exact) mass is 281 g/mol. The summed E-state index contributed by atoms with van der Waals surface area (Å²) in [4.78, 5) is 15.6. The molecule has 0 N–H and O–H groups in total. The summed E-state index contributed by atoms with van der Waals surface area (Å²) >= 11 is 0. The number of carbonyl (C=O) groups is 1. The second-order valence-corrected chi connectivity index (χ2v) is 4.78. The molecular weight excluding hydrogens is 266 g/mol. The van der Waals surface area contributed by atoms with E-state index < -0.39 is 0 Å². The number of hydrogen-bond acceptors (Lipinski definition) is 4. The Kier molecular flexibility index (Phi) is 3.69. The molecule has 0 radical (unpaired) electrons. The first-order chi connectivity index (χ1) is 10.3. The molecule has 0 aliphatic carbocycles. The largest absolute Gasteiger partial charge is 0.440 e. The number of rotatable bonds is 4. The molecule has 0 spiro atoms. The van der Waals surface area contributed by atoms with Gasteiger partial charge >= 0.3 is 5.97 Å². The van der Waals surface area contributed by atoms with Gasteiger partial charge in [-0.3, -0.25) is 4.79 Å². The molecule has 4 nitrogen and oxygen atoms in total. The Balaban J connectivity index is 1.85. The summed E-state index contributed by atoms with van der Waals surface area (Å²) in [6, 6.07) is 14.0. The average Bonchev–Trinajstić information content (AvgIpc) is 2.95. The van der Waals surface area contributed by atoms with Gasteiger partial charge in [-0.15, -0.1) is 0 Å². The maximum atomic E-state index is 11.4. The van der Waals surface area contributed by atoms with Gasteiger partial charge in [0.25, 0.3) is 5.88 Å². The second-order valence-electron chi connectivity index (χ2n) is 4.78. The summed E-state index contributed by atoms with van der Waals surface area (Å²) in [5.74, 6) is 0.354. The number of esters is 1. The van der Waals surface area contributed by atoms with Crippen LogP contribution in [0.1, 0.15) is 19.8 Å². The summed E-state index contributed by atoms with van der Waals surface area (Å²) in [6.07, 6.45) is 2.48. The van der Waals surface area contributed by atoms with Crippen LogP contribution in [0, 0.1) is 0 Å². The van der Waals surface area contributed by atoms with Crippen molar-refractivity contribution in [3.63, 3.8) is 0 Å². The molecule has 2 aromatic carbocycles. The summed E-state index contributed by atoms with van der Waals surface area (Å²) < 4.78 is 10.5. The Morgan fingerprint density at radius 3 is 2.81 bits per heavy atom. The van der Waals surface area contributed by atoms with Gasteiger partial charge in [0.15, 0.2) is 6.26 Å². The molecule has 1 aromatic heterocycles. The van der Waals surface area contributed by atoms with Gasteiger partial charge in [-0.2, -0.15) is 4.98 Å². The molecule has 0 amide bonds. The second kappa shape index (κ2) is 5.79. The van der Waals surface area contributed by atoms with Crippen molar-refractivity contribution < 1.29 is 13.9 Å². The Bertz CT molecular complexity index is 776. The number of ether oxygens (including phenoxy) is 1. The van der Waals surface area contributed by atoms with Crippen molar-refractivity contribution in [3.05, 3.63) is 48.7 Å². The van der Waals surface area contributed by atoms with Crippen LogP contribution in [0.15, 0.2) is 53.1 Å². The zero-order valence-corrected chi connectivity index (χ0v) is 11.7. The van der Waals surface area contributed by atoms with Crippen LogP contribution in [0.25, 0.3) is 22.2 Å². The number of fused-ring (bicyclic) bond motifs is 1. The number of aromatic nitrogens is 1. The summed E-state index contributed by atoms with van der Waals surface area (Å²) in [5, 5.41) is 2.26. The van der Waals surface area contributed by atoms with Crippen LogP contribution >= 0.6 is 0 Å². The Labute approximate surface area is 122 Å². The average molecular weight is 281 g/mol. The third-order valence-electron chi connectivity index (χ3n) is 3.15. The highest BCUT2D eigenvalue weighted by molar-refractivity contribution is 5.86. The van der Waals surface area contributed by atoms with Crippen LogP contribution in [-0.4, -0.2) is 11.0 Å². The molecule has 0 unspecified atom stereocenters. The Morgan fingerprint density at radius 2 is 2.00 bits per heavy atom. The van der Waals surface area contributed by atoms with Gasteiger partial charge < -0.3 is 9.15 Å². The molecular formula is C17H15NO3. The maximum absolute atomic E-state index is 11.4. The number of carbonyl (C=O) groups excluding carboxylic acids is 1. The van der Waals surface area contributed by atoms with E-state index in [0.717, 1.165) is 22.8 Å². The van der Waals surface area contributed by atoms with Crippen molar-refractivity contribution in [2.24, 2.45) is 0 Å². The van der Waals surface area contributed by atoms with Crippen LogP contribution in [0.5, 0.6) is 5.88 Å². The van der Waals surface area contributed by atoms with Gasteiger partial charge in [0.05, 0.1) is 0 Å². The van der Waals surface area contributed by atoms with Crippen molar-refractivity contribution in [1.29, 1.82) is 0 Å². The van der Waals surface area contributed by atoms with Crippen LogP contribution < -0.4 is 4.74 Å². The molecule has 21 heavy (non-hydrogen) atoms. The third-order valence-corrected chi connectivity index (χ3v) is 3.15. The first-order valence-electron chi connectivity index (χ1n) is 6.91. The van der Waals surface area contributed by atoms with Crippen LogP contribution in [-0.2, 0) is 4.79 Å². The van der Waals surface area contributed by atoms with E-state index in [-0.39, 0.29) is 11.8 Å². The number of hydrogen-bond donors (Lipinski definition) is 0. The van der Waals surface area contributed by atoms with Gasteiger partial charge in [0.2, 0.25) is 5.89 Å². The lowest BCUT2D eigenvalue weighted by atomic mass is 10.1. The lowest BCUT2D eigenvalue weighted by molar-refractivity contribution is -0.134. The van der Waals surface area contributed by atoms with E-state index in [4.69, 9.17) is 9.15 Å². The van der Waals surface area contributed by atoms with E-state index in [1.54, 1.807) is 0 Å². The highest BCUT2D eigenvalue weighted by Crippen LogP contribution is 2.25. The predicted molar refractivity (Wildman–Crippen MR) is 80.0 cm³/mol.